The van der Waals surface area contributed by atoms with Gasteiger partial charge in [0.05, 0.1) is 12.8 Å². The third-order valence-electron chi connectivity index (χ3n) is 6.07. The van der Waals surface area contributed by atoms with E-state index in [1.807, 2.05) is 29.8 Å². The maximum Gasteiger partial charge on any atom is 0.298 e. The molecule has 184 valence electrons. The van der Waals surface area contributed by atoms with Crippen molar-refractivity contribution in [3.63, 3.8) is 0 Å². The summed E-state index contributed by atoms with van der Waals surface area (Å²) in [7, 11) is 1.41. The first-order valence-electron chi connectivity index (χ1n) is 11.5. The van der Waals surface area contributed by atoms with Gasteiger partial charge in [-0.2, -0.15) is 4.39 Å². The van der Waals surface area contributed by atoms with Gasteiger partial charge in [-0.25, -0.2) is 4.98 Å². The van der Waals surface area contributed by atoms with Gasteiger partial charge in [0.15, 0.2) is 11.5 Å². The summed E-state index contributed by atoms with van der Waals surface area (Å²) in [6.45, 7) is 8.35. The Balaban J connectivity index is 1.62. The molecule has 2 aromatic carbocycles. The number of hydrogen-bond acceptors (Lipinski definition) is 5. The standard InChI is InChI=1S/C28H27FN4O3/c1-5-7-25(34)32-16-14-21(18-32)28-31-27(19(2)33(28)17-15-30-3)20-10-12-22(13-11-20)36-24-9-6-8-23(35-4)26(24)29/h6,8-13,15,17,21H,3,14,16,18H2,1-2,4H3/b17-15-/t21-/m1/s1. The zero-order valence-corrected chi connectivity index (χ0v) is 20.5. The Morgan fingerprint density at radius 1 is 1.25 bits per heavy atom. The van der Waals surface area contributed by atoms with Crippen LogP contribution in [0.15, 0.2) is 53.7 Å². The zero-order valence-electron chi connectivity index (χ0n) is 20.5. The Kier molecular flexibility index (Phi) is 7.50. The SMILES string of the molecule is C=N/C=C\n1c([C@@H]2CCN(C(=O)C#CC)C2)nc(-c2ccc(Oc3cccc(OC)c3F)cc2)c1C. The van der Waals surface area contributed by atoms with Crippen LogP contribution >= 0.6 is 0 Å². The molecule has 0 radical (unpaired) electrons. The molecule has 36 heavy (non-hydrogen) atoms. The molecule has 0 bridgehead atoms. The Bertz CT molecular complexity index is 1370. The summed E-state index contributed by atoms with van der Waals surface area (Å²) in [5, 5.41) is 0. The lowest BCUT2D eigenvalue weighted by Gasteiger charge is -2.13. The number of aliphatic imine (C=N–C) groups is 1. The molecule has 1 fully saturated rings. The number of methoxy groups -OCH3 is 1. The number of imidazole rings is 1. The molecular weight excluding hydrogens is 459 g/mol. The van der Waals surface area contributed by atoms with Crippen LogP contribution < -0.4 is 9.47 Å². The summed E-state index contributed by atoms with van der Waals surface area (Å²) in [5.74, 6) is 6.16. The minimum absolute atomic E-state index is 0.0631. The molecule has 1 atom stereocenters. The van der Waals surface area contributed by atoms with Crippen molar-refractivity contribution in [3.05, 3.63) is 66.0 Å². The van der Waals surface area contributed by atoms with Crippen LogP contribution in [-0.4, -0.2) is 47.3 Å². The van der Waals surface area contributed by atoms with Crippen molar-refractivity contribution >= 4 is 18.8 Å². The van der Waals surface area contributed by atoms with E-state index in [1.165, 1.54) is 13.2 Å². The number of likely N-dealkylation sites (tertiary alicyclic amines) is 1. The molecule has 8 heteroatoms. The van der Waals surface area contributed by atoms with Gasteiger partial charge >= 0.3 is 0 Å². The second-order valence-electron chi connectivity index (χ2n) is 8.27. The number of carbonyl (C=O) groups is 1. The van der Waals surface area contributed by atoms with E-state index in [0.29, 0.717) is 18.8 Å². The molecule has 3 aromatic rings. The fraction of sp³-hybridized carbons (Fsp3) is 0.250. The Hall–Kier alpha value is -4.38. The van der Waals surface area contributed by atoms with Crippen LogP contribution in [0.1, 0.15) is 30.8 Å². The van der Waals surface area contributed by atoms with Crippen LogP contribution in [0.5, 0.6) is 17.2 Å². The lowest BCUT2D eigenvalue weighted by Crippen LogP contribution is -2.27. The van der Waals surface area contributed by atoms with Crippen LogP contribution in [0.4, 0.5) is 4.39 Å². The van der Waals surface area contributed by atoms with E-state index in [2.05, 4.69) is 23.6 Å². The van der Waals surface area contributed by atoms with E-state index in [-0.39, 0.29) is 23.3 Å². The number of aromatic nitrogens is 2. The van der Waals surface area contributed by atoms with Crippen LogP contribution in [0.3, 0.4) is 0 Å². The van der Waals surface area contributed by atoms with E-state index in [9.17, 15) is 9.18 Å². The molecule has 1 aromatic heterocycles. The van der Waals surface area contributed by atoms with Crippen LogP contribution in [0.2, 0.25) is 0 Å². The highest BCUT2D eigenvalue weighted by Gasteiger charge is 2.31. The third kappa shape index (κ3) is 5.01. The largest absolute Gasteiger partial charge is 0.494 e. The topological polar surface area (TPSA) is 69.0 Å². The first-order chi connectivity index (χ1) is 17.5. The molecule has 0 unspecified atom stereocenters. The number of halogens is 1. The first-order valence-corrected chi connectivity index (χ1v) is 11.5. The van der Waals surface area contributed by atoms with Gasteiger partial charge in [-0.05, 0) is 69.3 Å². The molecule has 4 rings (SSSR count). The summed E-state index contributed by atoms with van der Waals surface area (Å²) in [4.78, 5) is 22.8. The molecular formula is C28H27FN4O3. The predicted molar refractivity (Wildman–Crippen MR) is 138 cm³/mol. The molecule has 1 aliphatic rings. The monoisotopic (exact) mass is 486 g/mol. The molecule has 0 N–H and O–H groups in total. The Labute approximate surface area is 209 Å². The molecule has 1 amide bonds. The lowest BCUT2D eigenvalue weighted by atomic mass is 10.1. The van der Waals surface area contributed by atoms with Gasteiger partial charge in [-0.15, -0.1) is 0 Å². The van der Waals surface area contributed by atoms with Crippen molar-refractivity contribution in [2.24, 2.45) is 4.99 Å². The minimum atomic E-state index is -0.556. The maximum absolute atomic E-state index is 14.5. The van der Waals surface area contributed by atoms with Crippen molar-refractivity contribution in [1.29, 1.82) is 0 Å². The van der Waals surface area contributed by atoms with Gasteiger partial charge < -0.3 is 18.9 Å². The Morgan fingerprint density at radius 3 is 2.69 bits per heavy atom. The Morgan fingerprint density at radius 2 is 2.00 bits per heavy atom. The number of benzene rings is 2. The van der Waals surface area contributed by atoms with E-state index in [1.54, 1.807) is 42.3 Å². The first kappa shape index (κ1) is 24.7. The molecule has 0 spiro atoms. The van der Waals surface area contributed by atoms with Crippen LogP contribution in [0.25, 0.3) is 17.5 Å². The zero-order chi connectivity index (χ0) is 25.7. The second kappa shape index (κ2) is 10.9. The summed E-state index contributed by atoms with van der Waals surface area (Å²) in [5.41, 5.74) is 2.61. The number of rotatable bonds is 7. The maximum atomic E-state index is 14.5. The summed E-state index contributed by atoms with van der Waals surface area (Å²) in [6, 6.07) is 12.1. The third-order valence-corrected chi connectivity index (χ3v) is 6.07. The van der Waals surface area contributed by atoms with Crippen molar-refractivity contribution < 1.29 is 18.7 Å². The van der Waals surface area contributed by atoms with E-state index >= 15 is 0 Å². The fourth-order valence-corrected chi connectivity index (χ4v) is 4.28. The van der Waals surface area contributed by atoms with E-state index in [4.69, 9.17) is 14.5 Å². The molecule has 7 nitrogen and oxygen atoms in total. The number of nitrogens with zero attached hydrogens (tertiary/aromatic N) is 4. The smallest absolute Gasteiger partial charge is 0.298 e. The summed E-state index contributed by atoms with van der Waals surface area (Å²) < 4.78 is 27.2. The van der Waals surface area contributed by atoms with Crippen molar-refractivity contribution in [1.82, 2.24) is 14.5 Å². The highest BCUT2D eigenvalue weighted by molar-refractivity contribution is 5.93. The molecule has 1 aliphatic heterocycles. The van der Waals surface area contributed by atoms with Gasteiger partial charge in [-0.3, -0.25) is 9.79 Å². The van der Waals surface area contributed by atoms with E-state index < -0.39 is 5.82 Å². The second-order valence-corrected chi connectivity index (χ2v) is 8.27. The number of carbonyl (C=O) groups excluding carboxylic acids is 1. The van der Waals surface area contributed by atoms with Crippen molar-refractivity contribution in [2.75, 3.05) is 20.2 Å². The summed E-state index contributed by atoms with van der Waals surface area (Å²) in [6.07, 6.45) is 4.23. The number of ether oxygens (including phenoxy) is 2. The molecule has 1 saturated heterocycles. The van der Waals surface area contributed by atoms with Crippen LogP contribution in [-0.2, 0) is 4.79 Å². The summed E-state index contributed by atoms with van der Waals surface area (Å²) >= 11 is 0. The number of hydrogen-bond donors (Lipinski definition) is 0. The quantitative estimate of drug-likeness (QED) is 0.337. The highest BCUT2D eigenvalue weighted by atomic mass is 19.1. The number of amides is 1. The van der Waals surface area contributed by atoms with Gasteiger partial charge in [0.25, 0.3) is 5.91 Å². The van der Waals surface area contributed by atoms with Crippen molar-refractivity contribution in [2.45, 2.75) is 26.2 Å². The highest BCUT2D eigenvalue weighted by Crippen LogP contribution is 2.34. The predicted octanol–water partition coefficient (Wildman–Crippen LogP) is 5.27. The lowest BCUT2D eigenvalue weighted by molar-refractivity contribution is -0.124. The fourth-order valence-electron chi connectivity index (χ4n) is 4.28. The molecule has 0 saturated carbocycles. The van der Waals surface area contributed by atoms with Gasteiger partial charge in [-0.1, -0.05) is 12.0 Å². The van der Waals surface area contributed by atoms with Crippen LogP contribution in [0, 0.1) is 24.6 Å². The minimum Gasteiger partial charge on any atom is -0.494 e. The average molecular weight is 487 g/mol. The molecule has 2 heterocycles. The average Bonchev–Trinajstić information content (AvgIpc) is 3.50. The van der Waals surface area contributed by atoms with E-state index in [0.717, 1.165) is 29.2 Å². The van der Waals surface area contributed by atoms with Crippen molar-refractivity contribution in [3.8, 4) is 40.3 Å². The van der Waals surface area contributed by atoms with Gasteiger partial charge in [0.1, 0.15) is 11.6 Å². The normalized spacial score (nSPS) is 15.0. The van der Waals surface area contributed by atoms with Gasteiger partial charge in [0, 0.05) is 42.7 Å². The molecule has 0 aliphatic carbocycles. The van der Waals surface area contributed by atoms with Gasteiger partial charge in [0.2, 0.25) is 5.82 Å².